The van der Waals surface area contributed by atoms with Crippen molar-refractivity contribution in [2.75, 3.05) is 12.3 Å². The number of nitrogens with two attached hydrogens (primary N) is 1. The van der Waals surface area contributed by atoms with Gasteiger partial charge in [-0.3, -0.25) is 0 Å². The van der Waals surface area contributed by atoms with E-state index in [4.69, 9.17) is 12.2 Å². The molecule has 0 spiro atoms. The summed E-state index contributed by atoms with van der Waals surface area (Å²) in [5.74, 6) is -0.540. The zero-order valence-corrected chi connectivity index (χ0v) is 8.81. The fraction of sp³-hybridized carbons (Fsp3) is 0.111. The Morgan fingerprint density at radius 1 is 1.38 bits per heavy atom. The first-order chi connectivity index (χ1) is 7.38. The predicted molar refractivity (Wildman–Crippen MR) is 54.8 cm³/mol. The number of nitrogens with one attached hydrogen (secondary N) is 1. The van der Waals surface area contributed by atoms with Crippen LogP contribution in [0, 0.1) is 24.0 Å². The lowest BCUT2D eigenvalue weighted by atomic mass is 10.3. The van der Waals surface area contributed by atoms with Crippen molar-refractivity contribution in [3.05, 3.63) is 23.8 Å². The SMILES string of the molecule is C#CCNS(=O)(=O)c1c(F)cc(N)cc1F. The second-order valence-corrected chi connectivity index (χ2v) is 4.55. The van der Waals surface area contributed by atoms with Crippen molar-refractivity contribution < 1.29 is 17.2 Å². The van der Waals surface area contributed by atoms with Gasteiger partial charge in [0.25, 0.3) is 0 Å². The smallest absolute Gasteiger partial charge is 0.247 e. The van der Waals surface area contributed by atoms with Crippen molar-refractivity contribution in [3.8, 4) is 12.3 Å². The molecule has 16 heavy (non-hydrogen) atoms. The van der Waals surface area contributed by atoms with Crippen LogP contribution in [0.1, 0.15) is 0 Å². The Kier molecular flexibility index (Phi) is 3.47. The quantitative estimate of drug-likeness (QED) is 0.601. The molecule has 0 aliphatic carbocycles. The molecule has 0 aromatic heterocycles. The number of hydrogen-bond acceptors (Lipinski definition) is 3. The van der Waals surface area contributed by atoms with Crippen LogP contribution in [0.2, 0.25) is 0 Å². The van der Waals surface area contributed by atoms with E-state index < -0.39 is 26.6 Å². The summed E-state index contributed by atoms with van der Waals surface area (Å²) in [6.07, 6.45) is 4.83. The lowest BCUT2D eigenvalue weighted by Crippen LogP contribution is -2.26. The third kappa shape index (κ3) is 2.48. The number of sulfonamides is 1. The maximum Gasteiger partial charge on any atom is 0.247 e. The largest absolute Gasteiger partial charge is 0.399 e. The molecule has 0 bridgehead atoms. The van der Waals surface area contributed by atoms with E-state index in [2.05, 4.69) is 0 Å². The highest BCUT2D eigenvalue weighted by Gasteiger charge is 2.23. The summed E-state index contributed by atoms with van der Waals surface area (Å²) in [5.41, 5.74) is 4.94. The van der Waals surface area contributed by atoms with Crippen LogP contribution in [0.3, 0.4) is 0 Å². The van der Waals surface area contributed by atoms with Gasteiger partial charge in [-0.15, -0.1) is 6.42 Å². The summed E-state index contributed by atoms with van der Waals surface area (Å²) in [7, 11) is -4.30. The third-order valence-corrected chi connectivity index (χ3v) is 3.11. The Morgan fingerprint density at radius 2 is 1.88 bits per heavy atom. The summed E-state index contributed by atoms with van der Waals surface area (Å²) in [6, 6.07) is 1.43. The van der Waals surface area contributed by atoms with Gasteiger partial charge in [-0.2, -0.15) is 4.72 Å². The molecule has 1 aromatic rings. The molecule has 1 aromatic carbocycles. The molecule has 1 rings (SSSR count). The van der Waals surface area contributed by atoms with Gasteiger partial charge in [-0.05, 0) is 12.1 Å². The van der Waals surface area contributed by atoms with Crippen LogP contribution in [0.4, 0.5) is 14.5 Å². The van der Waals surface area contributed by atoms with Gasteiger partial charge in [0.05, 0.1) is 6.54 Å². The van der Waals surface area contributed by atoms with Crippen LogP contribution in [-0.4, -0.2) is 15.0 Å². The van der Waals surface area contributed by atoms with E-state index in [1.165, 1.54) is 0 Å². The van der Waals surface area contributed by atoms with Crippen molar-refractivity contribution >= 4 is 15.7 Å². The van der Waals surface area contributed by atoms with Gasteiger partial charge in [0.15, 0.2) is 4.90 Å². The Bertz CT molecular complexity index is 526. The van der Waals surface area contributed by atoms with Gasteiger partial charge in [0.1, 0.15) is 11.6 Å². The van der Waals surface area contributed by atoms with Crippen molar-refractivity contribution in [3.63, 3.8) is 0 Å². The Labute approximate surface area is 91.5 Å². The van der Waals surface area contributed by atoms with Crippen molar-refractivity contribution in [2.45, 2.75) is 4.90 Å². The molecule has 0 amide bonds. The van der Waals surface area contributed by atoms with Gasteiger partial charge < -0.3 is 5.73 Å². The van der Waals surface area contributed by atoms with Crippen LogP contribution in [0.5, 0.6) is 0 Å². The van der Waals surface area contributed by atoms with E-state index in [1.54, 1.807) is 0 Å². The number of hydrogen-bond donors (Lipinski definition) is 2. The number of terminal acetylenes is 1. The molecule has 0 aliphatic rings. The van der Waals surface area contributed by atoms with Gasteiger partial charge in [0, 0.05) is 5.69 Å². The van der Waals surface area contributed by atoms with E-state index in [-0.39, 0.29) is 12.2 Å². The van der Waals surface area contributed by atoms with Gasteiger partial charge >= 0.3 is 0 Å². The first-order valence-electron chi connectivity index (χ1n) is 4.06. The van der Waals surface area contributed by atoms with Crippen LogP contribution in [-0.2, 0) is 10.0 Å². The minimum atomic E-state index is -4.30. The van der Waals surface area contributed by atoms with Gasteiger partial charge in [-0.1, -0.05) is 5.92 Å². The second kappa shape index (κ2) is 4.47. The number of benzene rings is 1. The normalized spacial score (nSPS) is 11.1. The van der Waals surface area contributed by atoms with Crippen LogP contribution in [0.25, 0.3) is 0 Å². The highest BCUT2D eigenvalue weighted by Crippen LogP contribution is 2.21. The molecule has 0 saturated carbocycles. The highest BCUT2D eigenvalue weighted by atomic mass is 32.2. The Hall–Kier alpha value is -1.65. The summed E-state index contributed by atoms with van der Waals surface area (Å²) in [5, 5.41) is 0. The van der Waals surface area contributed by atoms with E-state index in [9.17, 15) is 17.2 Å². The number of nitrogen functional groups attached to an aromatic ring is 1. The molecule has 0 atom stereocenters. The van der Waals surface area contributed by atoms with Crippen molar-refractivity contribution in [1.29, 1.82) is 0 Å². The number of halogens is 2. The average Bonchev–Trinajstić information content (AvgIpc) is 2.12. The van der Waals surface area contributed by atoms with Crippen LogP contribution in [0.15, 0.2) is 17.0 Å². The first-order valence-corrected chi connectivity index (χ1v) is 5.54. The maximum atomic E-state index is 13.2. The monoisotopic (exact) mass is 246 g/mol. The molecule has 0 fully saturated rings. The summed E-state index contributed by atoms with van der Waals surface area (Å²) < 4.78 is 51.2. The Morgan fingerprint density at radius 3 is 2.31 bits per heavy atom. The van der Waals surface area contributed by atoms with Crippen molar-refractivity contribution in [1.82, 2.24) is 4.72 Å². The standard InChI is InChI=1S/C9H8F2N2O2S/c1-2-3-13-16(14,15)9-7(10)4-6(12)5-8(9)11/h1,4-5,13H,3,12H2. The predicted octanol–water partition coefficient (Wildman–Crippen LogP) is 0.459. The number of anilines is 1. The average molecular weight is 246 g/mol. The van der Waals surface area contributed by atoms with Crippen LogP contribution >= 0.6 is 0 Å². The van der Waals surface area contributed by atoms with E-state index in [0.717, 1.165) is 0 Å². The number of rotatable bonds is 3. The lowest BCUT2D eigenvalue weighted by Gasteiger charge is -2.07. The molecule has 7 heteroatoms. The Balaban J connectivity index is 3.29. The third-order valence-electron chi connectivity index (χ3n) is 1.65. The topological polar surface area (TPSA) is 72.2 Å². The maximum absolute atomic E-state index is 13.2. The molecule has 0 aliphatic heterocycles. The fourth-order valence-corrected chi connectivity index (χ4v) is 2.09. The summed E-state index contributed by atoms with van der Waals surface area (Å²) in [4.78, 5) is -1.09. The zero-order chi connectivity index (χ0) is 12.3. The van der Waals surface area contributed by atoms with Gasteiger partial charge in [0.2, 0.25) is 10.0 Å². The fourth-order valence-electron chi connectivity index (χ4n) is 1.05. The molecule has 0 heterocycles. The second-order valence-electron chi connectivity index (χ2n) is 2.84. The van der Waals surface area contributed by atoms with E-state index in [1.807, 2.05) is 10.6 Å². The highest BCUT2D eigenvalue weighted by molar-refractivity contribution is 7.89. The van der Waals surface area contributed by atoms with E-state index in [0.29, 0.717) is 12.1 Å². The molecule has 4 nitrogen and oxygen atoms in total. The lowest BCUT2D eigenvalue weighted by molar-refractivity contribution is 0.516. The molecule has 3 N–H and O–H groups in total. The van der Waals surface area contributed by atoms with Crippen molar-refractivity contribution in [2.24, 2.45) is 0 Å². The first kappa shape index (κ1) is 12.4. The molecular formula is C9H8F2N2O2S. The van der Waals surface area contributed by atoms with E-state index >= 15 is 0 Å². The van der Waals surface area contributed by atoms with Crippen LogP contribution < -0.4 is 10.5 Å². The molecule has 0 saturated heterocycles. The minimum absolute atomic E-state index is 0.203. The molecule has 86 valence electrons. The zero-order valence-electron chi connectivity index (χ0n) is 8.00. The van der Waals surface area contributed by atoms with Gasteiger partial charge in [-0.25, -0.2) is 17.2 Å². The molecular weight excluding hydrogens is 238 g/mol. The molecule has 0 unspecified atom stereocenters. The molecule has 0 radical (unpaired) electrons. The minimum Gasteiger partial charge on any atom is -0.399 e. The summed E-state index contributed by atoms with van der Waals surface area (Å²) >= 11 is 0. The summed E-state index contributed by atoms with van der Waals surface area (Å²) in [6.45, 7) is -0.356.